The van der Waals surface area contributed by atoms with Crippen LogP contribution in [0.4, 0.5) is 0 Å². The lowest BCUT2D eigenvalue weighted by molar-refractivity contribution is 0.669. The first-order valence-corrected chi connectivity index (χ1v) is 19.5. The van der Waals surface area contributed by atoms with Crippen molar-refractivity contribution in [1.82, 2.24) is 9.13 Å². The second-order valence-corrected chi connectivity index (χ2v) is 14.9. The van der Waals surface area contributed by atoms with E-state index in [-0.39, 0.29) is 0 Å². The lowest BCUT2D eigenvalue weighted by Crippen LogP contribution is -1.94. The van der Waals surface area contributed by atoms with E-state index in [1.54, 1.807) is 0 Å². The monoisotopic (exact) mass is 726 g/mol. The highest BCUT2D eigenvalue weighted by Gasteiger charge is 2.19. The Bertz CT molecular complexity index is 3490. The van der Waals surface area contributed by atoms with Gasteiger partial charge in [0, 0.05) is 43.7 Å². The van der Waals surface area contributed by atoms with E-state index < -0.39 is 0 Å². The molecule has 0 N–H and O–H groups in total. The van der Waals surface area contributed by atoms with Crippen molar-refractivity contribution in [2.75, 3.05) is 0 Å². The Morgan fingerprint density at radius 3 is 1.49 bits per heavy atom. The number of benzene rings is 9. The van der Waals surface area contributed by atoms with Gasteiger partial charge in [0.25, 0.3) is 0 Å². The summed E-state index contributed by atoms with van der Waals surface area (Å²) < 4.78 is 11.1. The number of nitrogens with zero attached hydrogens (tertiary/aromatic N) is 2. The molecule has 0 bridgehead atoms. The van der Waals surface area contributed by atoms with Crippen molar-refractivity contribution in [1.29, 1.82) is 0 Å². The van der Waals surface area contributed by atoms with Crippen LogP contribution in [0.15, 0.2) is 211 Å². The minimum Gasteiger partial charge on any atom is -0.456 e. The maximum absolute atomic E-state index is 6.29. The molecule has 57 heavy (non-hydrogen) atoms. The molecule has 0 atom stereocenters. The second-order valence-electron chi connectivity index (χ2n) is 14.9. The van der Waals surface area contributed by atoms with E-state index in [4.69, 9.17) is 4.42 Å². The van der Waals surface area contributed by atoms with Crippen molar-refractivity contribution < 1.29 is 4.42 Å². The standard InChI is InChI=1S/C54H34N2O/c1-2-11-35(12-3-1)38-13-10-14-39(33-38)40-25-30-49-46(34-40)43-15-4-7-18-47(43)55(49)41-26-21-36(22-27-41)37-23-28-42(29-24-37)56-48-19-8-5-16-44(48)53-50(56)31-32-52-54(53)45-17-6-9-20-51(45)57-52/h1-34H. The molecule has 0 aliphatic carbocycles. The molecule has 3 heteroatoms. The highest BCUT2D eigenvalue weighted by Crippen LogP contribution is 2.42. The minimum atomic E-state index is 0.917. The van der Waals surface area contributed by atoms with E-state index in [1.807, 2.05) is 6.07 Å². The van der Waals surface area contributed by atoms with Crippen molar-refractivity contribution in [3.8, 4) is 44.8 Å². The Balaban J connectivity index is 0.910. The van der Waals surface area contributed by atoms with Gasteiger partial charge in [-0.1, -0.05) is 133 Å². The van der Waals surface area contributed by atoms with E-state index >= 15 is 0 Å². The highest BCUT2D eigenvalue weighted by molar-refractivity contribution is 6.27. The molecular weight excluding hydrogens is 693 g/mol. The van der Waals surface area contributed by atoms with E-state index in [1.165, 1.54) is 82.4 Å². The molecule has 0 spiro atoms. The molecule has 0 fully saturated rings. The van der Waals surface area contributed by atoms with Gasteiger partial charge in [0.2, 0.25) is 0 Å². The molecule has 3 nitrogen and oxygen atoms in total. The first kappa shape index (κ1) is 31.7. The van der Waals surface area contributed by atoms with Crippen LogP contribution in [0.5, 0.6) is 0 Å². The minimum absolute atomic E-state index is 0.917. The summed E-state index contributed by atoms with van der Waals surface area (Å²) in [6.07, 6.45) is 0. The van der Waals surface area contributed by atoms with Crippen LogP contribution < -0.4 is 0 Å². The Hall–Kier alpha value is -7.62. The number of fused-ring (bicyclic) bond motifs is 10. The molecule has 12 aromatic rings. The maximum atomic E-state index is 6.29. The molecule has 266 valence electrons. The van der Waals surface area contributed by atoms with Crippen LogP contribution in [0.25, 0.3) is 110 Å². The van der Waals surface area contributed by atoms with Crippen LogP contribution in [-0.4, -0.2) is 9.13 Å². The summed E-state index contributed by atoms with van der Waals surface area (Å²) in [4.78, 5) is 0. The van der Waals surface area contributed by atoms with Gasteiger partial charge in [0.1, 0.15) is 11.2 Å². The first-order chi connectivity index (χ1) is 28.3. The Kier molecular flexibility index (Phi) is 6.93. The van der Waals surface area contributed by atoms with Crippen molar-refractivity contribution in [3.63, 3.8) is 0 Å². The van der Waals surface area contributed by atoms with Gasteiger partial charge in [-0.2, -0.15) is 0 Å². The molecule has 0 radical (unpaired) electrons. The third-order valence-corrected chi connectivity index (χ3v) is 11.7. The molecule has 0 amide bonds. The quantitative estimate of drug-likeness (QED) is 0.173. The van der Waals surface area contributed by atoms with Crippen molar-refractivity contribution in [2.45, 2.75) is 0 Å². The second kappa shape index (κ2) is 12.5. The van der Waals surface area contributed by atoms with Gasteiger partial charge in [0.05, 0.1) is 22.1 Å². The fourth-order valence-electron chi connectivity index (χ4n) is 9.10. The van der Waals surface area contributed by atoms with Crippen molar-refractivity contribution in [2.24, 2.45) is 0 Å². The number of para-hydroxylation sites is 3. The van der Waals surface area contributed by atoms with Crippen molar-refractivity contribution in [3.05, 3.63) is 206 Å². The normalized spacial score (nSPS) is 11.9. The number of furan rings is 1. The van der Waals surface area contributed by atoms with Crippen LogP contribution >= 0.6 is 0 Å². The molecule has 0 saturated carbocycles. The molecular formula is C54H34N2O. The molecule has 9 aromatic carbocycles. The largest absolute Gasteiger partial charge is 0.456 e. The van der Waals surface area contributed by atoms with E-state index in [0.29, 0.717) is 0 Å². The van der Waals surface area contributed by atoms with Gasteiger partial charge >= 0.3 is 0 Å². The highest BCUT2D eigenvalue weighted by atomic mass is 16.3. The van der Waals surface area contributed by atoms with E-state index in [9.17, 15) is 0 Å². The van der Waals surface area contributed by atoms with E-state index in [0.717, 1.165) is 27.9 Å². The molecule has 0 aliphatic rings. The number of hydrogen-bond acceptors (Lipinski definition) is 1. The smallest absolute Gasteiger partial charge is 0.136 e. The van der Waals surface area contributed by atoms with Crippen LogP contribution in [0.3, 0.4) is 0 Å². The number of aromatic nitrogens is 2. The third-order valence-electron chi connectivity index (χ3n) is 11.7. The lowest BCUT2D eigenvalue weighted by Gasteiger charge is -2.11. The number of hydrogen-bond donors (Lipinski definition) is 0. The summed E-state index contributed by atoms with van der Waals surface area (Å²) in [5, 5.41) is 7.27. The SMILES string of the molecule is c1ccc(-c2cccc(-c3ccc4c(c3)c3ccccc3n4-c3ccc(-c4ccc(-n5c6ccccc6c6c7c(ccc65)oc5ccccc57)cc4)cc3)c2)cc1. The molecule has 0 unspecified atom stereocenters. The van der Waals surface area contributed by atoms with E-state index in [2.05, 4.69) is 209 Å². The fourth-order valence-corrected chi connectivity index (χ4v) is 9.10. The molecule has 3 heterocycles. The predicted octanol–water partition coefficient (Wildman–Crippen LogP) is 14.8. The van der Waals surface area contributed by atoms with Crippen LogP contribution in [0.2, 0.25) is 0 Å². The molecule has 0 aliphatic heterocycles. The average molecular weight is 727 g/mol. The fraction of sp³-hybridized carbons (Fsp3) is 0. The van der Waals surface area contributed by atoms with Gasteiger partial charge in [-0.15, -0.1) is 0 Å². The summed E-state index contributed by atoms with van der Waals surface area (Å²) >= 11 is 0. The zero-order valence-corrected chi connectivity index (χ0v) is 30.9. The van der Waals surface area contributed by atoms with Gasteiger partial charge in [-0.3, -0.25) is 0 Å². The zero-order valence-electron chi connectivity index (χ0n) is 30.9. The first-order valence-electron chi connectivity index (χ1n) is 19.5. The van der Waals surface area contributed by atoms with Gasteiger partial charge < -0.3 is 13.6 Å². The topological polar surface area (TPSA) is 23.0 Å². The van der Waals surface area contributed by atoms with Gasteiger partial charge in [-0.05, 0) is 106 Å². The summed E-state index contributed by atoms with van der Waals surface area (Å²) in [6, 6.07) is 74.4. The Labute approximate surface area is 328 Å². The zero-order chi connectivity index (χ0) is 37.5. The summed E-state index contributed by atoms with van der Waals surface area (Å²) in [6.45, 7) is 0. The van der Waals surface area contributed by atoms with Crippen LogP contribution in [0.1, 0.15) is 0 Å². The molecule has 12 rings (SSSR count). The predicted molar refractivity (Wildman–Crippen MR) is 239 cm³/mol. The van der Waals surface area contributed by atoms with Gasteiger partial charge in [0.15, 0.2) is 0 Å². The molecule has 0 saturated heterocycles. The summed E-state index contributed by atoms with van der Waals surface area (Å²) in [5.41, 5.74) is 16.1. The van der Waals surface area contributed by atoms with Crippen LogP contribution in [0, 0.1) is 0 Å². The Morgan fingerprint density at radius 2 is 0.754 bits per heavy atom. The molecule has 3 aromatic heterocycles. The average Bonchev–Trinajstić information content (AvgIpc) is 3.94. The third kappa shape index (κ3) is 4.92. The number of rotatable bonds is 5. The maximum Gasteiger partial charge on any atom is 0.136 e. The van der Waals surface area contributed by atoms with Crippen LogP contribution in [-0.2, 0) is 0 Å². The summed E-state index contributed by atoms with van der Waals surface area (Å²) in [5.74, 6) is 0. The Morgan fingerprint density at radius 1 is 0.263 bits per heavy atom. The lowest BCUT2D eigenvalue weighted by atomic mass is 9.98. The van der Waals surface area contributed by atoms with Crippen molar-refractivity contribution >= 4 is 65.6 Å². The summed E-state index contributed by atoms with van der Waals surface area (Å²) in [7, 11) is 0. The van der Waals surface area contributed by atoms with Gasteiger partial charge in [-0.25, -0.2) is 0 Å².